The highest BCUT2D eigenvalue weighted by Gasteiger charge is 2.19. The highest BCUT2D eigenvalue weighted by Crippen LogP contribution is 2.14. The number of hydrogen-bond donors (Lipinski definition) is 1. The molecular weight excluding hydrogens is 282 g/mol. The number of nitrogens with zero attached hydrogens (tertiary/aromatic N) is 2. The molecule has 0 unspecified atom stereocenters. The molecule has 4 nitrogen and oxygen atoms in total. The standard InChI is InChI=1S/C16H29N3OS/c1-12(2)6-9-19(10-7-13(3)4)16(20)14-11-21-15(18-14)5-8-17/h11-13H,5-10,17H2,1-4H3. The van der Waals surface area contributed by atoms with E-state index in [1.54, 1.807) is 0 Å². The van der Waals surface area contributed by atoms with Gasteiger partial charge in [0.2, 0.25) is 0 Å². The number of carbonyl (C=O) groups excluding carboxylic acids is 1. The van der Waals surface area contributed by atoms with Crippen LogP contribution in [0, 0.1) is 11.8 Å². The molecule has 0 fully saturated rings. The Kier molecular flexibility index (Phi) is 7.89. The first-order chi connectivity index (χ1) is 9.93. The number of carbonyl (C=O) groups is 1. The van der Waals surface area contributed by atoms with Crippen LogP contribution >= 0.6 is 11.3 Å². The van der Waals surface area contributed by atoms with Gasteiger partial charge in [-0.15, -0.1) is 11.3 Å². The number of amides is 1. The molecule has 5 heteroatoms. The molecule has 0 atom stereocenters. The van der Waals surface area contributed by atoms with Crippen LogP contribution in [0.4, 0.5) is 0 Å². The van der Waals surface area contributed by atoms with Crippen molar-refractivity contribution in [3.05, 3.63) is 16.1 Å². The zero-order chi connectivity index (χ0) is 15.8. The number of rotatable bonds is 9. The third kappa shape index (κ3) is 6.57. The van der Waals surface area contributed by atoms with Gasteiger partial charge in [-0.2, -0.15) is 0 Å². The summed E-state index contributed by atoms with van der Waals surface area (Å²) in [5.41, 5.74) is 6.12. The summed E-state index contributed by atoms with van der Waals surface area (Å²) in [5.74, 6) is 1.26. The molecule has 21 heavy (non-hydrogen) atoms. The molecule has 0 saturated heterocycles. The second-order valence-electron chi connectivity index (χ2n) is 6.32. The van der Waals surface area contributed by atoms with E-state index < -0.39 is 0 Å². The minimum atomic E-state index is 0.0656. The van der Waals surface area contributed by atoms with Crippen LogP contribution in [0.1, 0.15) is 56.0 Å². The lowest BCUT2D eigenvalue weighted by Crippen LogP contribution is -2.34. The van der Waals surface area contributed by atoms with Crippen molar-refractivity contribution in [1.29, 1.82) is 0 Å². The van der Waals surface area contributed by atoms with Gasteiger partial charge in [0.05, 0.1) is 5.01 Å². The molecule has 0 aromatic carbocycles. The van der Waals surface area contributed by atoms with E-state index in [1.807, 2.05) is 10.3 Å². The smallest absolute Gasteiger partial charge is 0.273 e. The van der Waals surface area contributed by atoms with Crippen molar-refractivity contribution in [2.45, 2.75) is 47.0 Å². The maximum absolute atomic E-state index is 12.6. The summed E-state index contributed by atoms with van der Waals surface area (Å²) in [6.45, 7) is 11.0. The Bertz CT molecular complexity index is 417. The van der Waals surface area contributed by atoms with Crippen LogP contribution in [0.25, 0.3) is 0 Å². The Balaban J connectivity index is 2.71. The number of nitrogens with two attached hydrogens (primary N) is 1. The quantitative estimate of drug-likeness (QED) is 0.762. The van der Waals surface area contributed by atoms with Gasteiger partial charge in [0.15, 0.2) is 0 Å². The van der Waals surface area contributed by atoms with E-state index in [4.69, 9.17) is 5.73 Å². The first kappa shape index (κ1) is 18.1. The third-order valence-corrected chi connectivity index (χ3v) is 4.28. The van der Waals surface area contributed by atoms with E-state index in [9.17, 15) is 4.79 Å². The number of aromatic nitrogens is 1. The second-order valence-corrected chi connectivity index (χ2v) is 7.27. The summed E-state index contributed by atoms with van der Waals surface area (Å²) in [7, 11) is 0. The zero-order valence-electron chi connectivity index (χ0n) is 13.8. The van der Waals surface area contributed by atoms with E-state index in [-0.39, 0.29) is 5.91 Å². The molecule has 1 aromatic heterocycles. The summed E-state index contributed by atoms with van der Waals surface area (Å²) in [6.07, 6.45) is 2.81. The van der Waals surface area contributed by atoms with Crippen molar-refractivity contribution >= 4 is 17.2 Å². The van der Waals surface area contributed by atoms with Gasteiger partial charge in [0, 0.05) is 24.9 Å². The fourth-order valence-electron chi connectivity index (χ4n) is 1.95. The van der Waals surface area contributed by atoms with E-state index in [2.05, 4.69) is 32.7 Å². The Morgan fingerprint density at radius 2 is 1.81 bits per heavy atom. The van der Waals surface area contributed by atoms with Crippen molar-refractivity contribution < 1.29 is 4.79 Å². The molecular formula is C16H29N3OS. The van der Waals surface area contributed by atoms with Crippen LogP contribution in [0.2, 0.25) is 0 Å². The van der Waals surface area contributed by atoms with Crippen molar-refractivity contribution in [1.82, 2.24) is 9.88 Å². The Hall–Kier alpha value is -0.940. The van der Waals surface area contributed by atoms with E-state index in [1.165, 1.54) is 11.3 Å². The Morgan fingerprint density at radius 3 is 2.29 bits per heavy atom. The number of hydrogen-bond acceptors (Lipinski definition) is 4. The van der Waals surface area contributed by atoms with Gasteiger partial charge in [-0.25, -0.2) is 4.98 Å². The summed E-state index contributed by atoms with van der Waals surface area (Å²) >= 11 is 1.53. The Morgan fingerprint density at radius 1 is 1.24 bits per heavy atom. The number of thiazole rings is 1. The molecule has 0 aliphatic heterocycles. The fourth-order valence-corrected chi connectivity index (χ4v) is 2.74. The van der Waals surface area contributed by atoms with Gasteiger partial charge in [0.25, 0.3) is 5.91 Å². The summed E-state index contributed by atoms with van der Waals surface area (Å²) in [6, 6.07) is 0. The SMILES string of the molecule is CC(C)CCN(CCC(C)C)C(=O)c1csc(CCN)n1. The van der Waals surface area contributed by atoms with Gasteiger partial charge in [-0.3, -0.25) is 4.79 Å². The molecule has 0 radical (unpaired) electrons. The minimum absolute atomic E-state index is 0.0656. The maximum Gasteiger partial charge on any atom is 0.273 e. The van der Waals surface area contributed by atoms with Gasteiger partial charge in [-0.1, -0.05) is 27.7 Å². The van der Waals surface area contributed by atoms with Crippen molar-refractivity contribution in [2.24, 2.45) is 17.6 Å². The van der Waals surface area contributed by atoms with E-state index in [0.29, 0.717) is 24.1 Å². The second kappa shape index (κ2) is 9.15. The fraction of sp³-hybridized carbons (Fsp3) is 0.750. The minimum Gasteiger partial charge on any atom is -0.337 e. The zero-order valence-corrected chi connectivity index (χ0v) is 14.6. The largest absolute Gasteiger partial charge is 0.337 e. The first-order valence-corrected chi connectivity index (χ1v) is 8.75. The molecule has 0 aliphatic rings. The highest BCUT2D eigenvalue weighted by atomic mass is 32.1. The van der Waals surface area contributed by atoms with Crippen molar-refractivity contribution in [2.75, 3.05) is 19.6 Å². The highest BCUT2D eigenvalue weighted by molar-refractivity contribution is 7.09. The van der Waals surface area contributed by atoms with Crippen molar-refractivity contribution in [3.8, 4) is 0 Å². The molecule has 0 saturated carbocycles. The van der Waals surface area contributed by atoms with Gasteiger partial charge < -0.3 is 10.6 Å². The van der Waals surface area contributed by atoms with Crippen LogP contribution in [0.3, 0.4) is 0 Å². The molecule has 1 amide bonds. The molecule has 0 spiro atoms. The van der Waals surface area contributed by atoms with Crippen LogP contribution < -0.4 is 5.73 Å². The molecule has 0 bridgehead atoms. The van der Waals surface area contributed by atoms with Gasteiger partial charge >= 0.3 is 0 Å². The van der Waals surface area contributed by atoms with E-state index >= 15 is 0 Å². The first-order valence-electron chi connectivity index (χ1n) is 7.87. The van der Waals surface area contributed by atoms with Crippen molar-refractivity contribution in [3.63, 3.8) is 0 Å². The van der Waals surface area contributed by atoms with Gasteiger partial charge in [-0.05, 0) is 31.2 Å². The lowest BCUT2D eigenvalue weighted by molar-refractivity contribution is 0.0735. The van der Waals surface area contributed by atoms with Crippen LogP contribution in [0.5, 0.6) is 0 Å². The average Bonchev–Trinajstić information content (AvgIpc) is 2.86. The molecule has 2 N–H and O–H groups in total. The predicted molar refractivity (Wildman–Crippen MR) is 89.7 cm³/mol. The maximum atomic E-state index is 12.6. The topological polar surface area (TPSA) is 59.2 Å². The lowest BCUT2D eigenvalue weighted by Gasteiger charge is -2.23. The van der Waals surface area contributed by atoms with Gasteiger partial charge in [0.1, 0.15) is 5.69 Å². The van der Waals surface area contributed by atoms with E-state index in [0.717, 1.165) is 37.4 Å². The molecule has 0 aliphatic carbocycles. The van der Waals surface area contributed by atoms with Crippen LogP contribution in [0.15, 0.2) is 5.38 Å². The monoisotopic (exact) mass is 311 g/mol. The normalized spacial score (nSPS) is 11.4. The average molecular weight is 311 g/mol. The van der Waals surface area contributed by atoms with Crippen LogP contribution in [-0.4, -0.2) is 35.4 Å². The molecule has 1 rings (SSSR count). The summed E-state index contributed by atoms with van der Waals surface area (Å²) in [5, 5.41) is 2.82. The molecule has 1 heterocycles. The summed E-state index contributed by atoms with van der Waals surface area (Å²) < 4.78 is 0. The molecule has 120 valence electrons. The predicted octanol–water partition coefficient (Wildman–Crippen LogP) is 3.18. The summed E-state index contributed by atoms with van der Waals surface area (Å²) in [4.78, 5) is 19.0. The lowest BCUT2D eigenvalue weighted by atomic mass is 10.1. The third-order valence-electron chi connectivity index (χ3n) is 3.37. The molecule has 1 aromatic rings. The van der Waals surface area contributed by atoms with Crippen LogP contribution in [-0.2, 0) is 6.42 Å². The Labute approximate surface area is 132 Å².